The summed E-state index contributed by atoms with van der Waals surface area (Å²) < 4.78 is 3.13. The van der Waals surface area contributed by atoms with Gasteiger partial charge in [-0.05, 0) is 68.6 Å². The van der Waals surface area contributed by atoms with Gasteiger partial charge in [-0.2, -0.15) is 0 Å². The summed E-state index contributed by atoms with van der Waals surface area (Å²) in [5.41, 5.74) is 9.68. The number of nitrogens with one attached hydrogen (secondary N) is 2. The van der Waals surface area contributed by atoms with Gasteiger partial charge in [0, 0.05) is 41.0 Å². The van der Waals surface area contributed by atoms with Gasteiger partial charge in [-0.25, -0.2) is 11.0 Å². The summed E-state index contributed by atoms with van der Waals surface area (Å²) in [7, 11) is 1.91. The van der Waals surface area contributed by atoms with Gasteiger partial charge >= 0.3 is 0 Å². The van der Waals surface area contributed by atoms with Crippen LogP contribution in [0.3, 0.4) is 0 Å². The Kier molecular flexibility index (Phi) is 7.78. The maximum Gasteiger partial charge on any atom is 0.154 e. The Bertz CT molecular complexity index is 898. The Labute approximate surface area is 195 Å². The Morgan fingerprint density at radius 3 is 2.62 bits per heavy atom. The Hall–Kier alpha value is -2.42. The molecule has 2 aromatic rings. The minimum absolute atomic E-state index is 0.123. The lowest BCUT2D eigenvalue weighted by Gasteiger charge is -2.26. The van der Waals surface area contributed by atoms with E-state index in [1.807, 2.05) is 13.1 Å². The predicted octanol–water partition coefficient (Wildman–Crippen LogP) is 3.73. The fourth-order valence-corrected chi connectivity index (χ4v) is 5.15. The molecule has 1 heterocycles. The van der Waals surface area contributed by atoms with Crippen molar-refractivity contribution in [1.29, 1.82) is 0 Å². The summed E-state index contributed by atoms with van der Waals surface area (Å²) in [5, 5.41) is 9.89. The molecule has 2 fully saturated rings. The molecule has 4 rings (SSSR count). The van der Waals surface area contributed by atoms with Gasteiger partial charge in [0.2, 0.25) is 0 Å². The van der Waals surface area contributed by atoms with Crippen LogP contribution in [-0.2, 0) is 0 Å². The first-order valence-corrected chi connectivity index (χ1v) is 12.4. The molecule has 1 unspecified atom stereocenters. The number of amidine groups is 1. The third-order valence-corrected chi connectivity index (χ3v) is 7.03. The Balaban J connectivity index is 1.49. The first-order chi connectivity index (χ1) is 15.6. The van der Waals surface area contributed by atoms with Crippen LogP contribution in [0.2, 0.25) is 0 Å². The number of hydrogen-bond acceptors (Lipinski definition) is 7. The minimum Gasteiger partial charge on any atom is -0.382 e. The van der Waals surface area contributed by atoms with E-state index in [-0.39, 0.29) is 6.04 Å². The number of hydrazone groups is 1. The second-order valence-electron chi connectivity index (χ2n) is 8.58. The number of hydrazine groups is 1. The average Bonchev–Trinajstić information content (AvgIpc) is 3.32. The normalized spacial score (nSPS) is 19.9. The van der Waals surface area contributed by atoms with Crippen LogP contribution in [0.15, 0.2) is 58.5 Å². The van der Waals surface area contributed by atoms with E-state index in [4.69, 9.17) is 11.6 Å². The molecule has 1 aliphatic heterocycles. The molecule has 0 spiro atoms. The van der Waals surface area contributed by atoms with E-state index >= 15 is 0 Å². The summed E-state index contributed by atoms with van der Waals surface area (Å²) >= 11 is 1.56. The lowest BCUT2D eigenvalue weighted by molar-refractivity contribution is 0.225. The molecule has 0 radical (unpaired) electrons. The number of benzene rings is 2. The highest BCUT2D eigenvalue weighted by Crippen LogP contribution is 2.27. The maximum atomic E-state index is 6.53. The molecule has 0 bridgehead atoms. The number of para-hydroxylation sites is 1. The van der Waals surface area contributed by atoms with Crippen LogP contribution in [0, 0.1) is 0 Å². The zero-order valence-electron chi connectivity index (χ0n) is 18.8. The highest BCUT2D eigenvalue weighted by molar-refractivity contribution is 7.97. The second-order valence-corrected chi connectivity index (χ2v) is 9.67. The van der Waals surface area contributed by atoms with Crippen molar-refractivity contribution in [1.82, 2.24) is 9.84 Å². The summed E-state index contributed by atoms with van der Waals surface area (Å²) in [6, 6.07) is 17.4. The molecule has 7 nitrogen and oxygen atoms in total. The zero-order chi connectivity index (χ0) is 22.3. The van der Waals surface area contributed by atoms with Gasteiger partial charge in [0.05, 0.1) is 6.04 Å². The number of anilines is 2. The van der Waals surface area contributed by atoms with E-state index in [1.54, 1.807) is 17.1 Å². The number of rotatable bonds is 8. The Morgan fingerprint density at radius 1 is 1.09 bits per heavy atom. The second kappa shape index (κ2) is 10.9. The number of nitrogens with zero attached hydrogens (tertiary/aromatic N) is 3. The largest absolute Gasteiger partial charge is 0.382 e. The molecule has 0 aromatic heterocycles. The molecule has 0 amide bonds. The van der Waals surface area contributed by atoms with Crippen LogP contribution < -0.4 is 26.5 Å². The first kappa shape index (κ1) is 22.8. The van der Waals surface area contributed by atoms with Crippen molar-refractivity contribution in [3.8, 4) is 0 Å². The first-order valence-electron chi connectivity index (χ1n) is 11.6. The van der Waals surface area contributed by atoms with Crippen molar-refractivity contribution in [3.05, 3.63) is 54.1 Å². The topological polar surface area (TPSA) is 94.9 Å². The van der Waals surface area contributed by atoms with E-state index in [0.717, 1.165) is 35.7 Å². The highest BCUT2D eigenvalue weighted by Gasteiger charge is 2.26. The zero-order valence-corrected chi connectivity index (χ0v) is 19.7. The number of nitrogens with two attached hydrogens (primary N) is 2. The van der Waals surface area contributed by atoms with Gasteiger partial charge in [-0.1, -0.05) is 37.5 Å². The Morgan fingerprint density at radius 2 is 1.88 bits per heavy atom. The average molecular weight is 454 g/mol. The molecule has 8 heteroatoms. The fourth-order valence-electron chi connectivity index (χ4n) is 4.60. The maximum absolute atomic E-state index is 6.53. The van der Waals surface area contributed by atoms with Crippen molar-refractivity contribution < 1.29 is 0 Å². The third-order valence-electron chi connectivity index (χ3n) is 6.33. The molecule has 172 valence electrons. The summed E-state index contributed by atoms with van der Waals surface area (Å²) in [6.45, 7) is 1.79. The summed E-state index contributed by atoms with van der Waals surface area (Å²) in [6.07, 6.45) is 7.23. The molecular weight excluding hydrogens is 418 g/mol. The third kappa shape index (κ3) is 5.68. The van der Waals surface area contributed by atoms with Crippen molar-refractivity contribution >= 4 is 29.2 Å². The van der Waals surface area contributed by atoms with Gasteiger partial charge in [-0.15, -0.1) is 5.10 Å². The molecule has 1 saturated carbocycles. The van der Waals surface area contributed by atoms with Crippen molar-refractivity contribution in [2.24, 2.45) is 16.7 Å². The predicted molar refractivity (Wildman–Crippen MR) is 136 cm³/mol. The standard InChI is InChI=1S/C24H35N7S/c1-27-32-21-12-13-23(28-18-8-4-2-5-9-18)22(16-21)24(25)29-31(26)20-14-15-30(17-20)19-10-6-3-7-11-19/h3,6-7,10-13,16,18,20,27-28H,2,4-5,8-9,14-15,17,26H2,1H3,(H2,25,29). The quantitative estimate of drug-likeness (QED) is 0.159. The lowest BCUT2D eigenvalue weighted by atomic mass is 9.95. The van der Waals surface area contributed by atoms with Crippen LogP contribution in [0.4, 0.5) is 11.4 Å². The monoisotopic (exact) mass is 453 g/mol. The van der Waals surface area contributed by atoms with Gasteiger partial charge < -0.3 is 16.0 Å². The lowest BCUT2D eigenvalue weighted by Crippen LogP contribution is -2.40. The van der Waals surface area contributed by atoms with E-state index in [0.29, 0.717) is 11.9 Å². The molecule has 1 aliphatic carbocycles. The van der Waals surface area contributed by atoms with E-state index in [9.17, 15) is 0 Å². The smallest absolute Gasteiger partial charge is 0.154 e. The van der Waals surface area contributed by atoms with Crippen molar-refractivity contribution in [2.45, 2.75) is 55.5 Å². The molecule has 2 aromatic carbocycles. The van der Waals surface area contributed by atoms with Crippen LogP contribution in [0.25, 0.3) is 0 Å². The number of hydrogen-bond donors (Lipinski definition) is 4. The van der Waals surface area contributed by atoms with Gasteiger partial charge in [0.1, 0.15) is 0 Å². The SMILES string of the molecule is CNSc1ccc(NC2CCCCC2)c(/C(N)=N/N(N)C2CCN(c3ccccc3)C2)c1. The van der Waals surface area contributed by atoms with Crippen LogP contribution in [-0.4, -0.2) is 43.2 Å². The van der Waals surface area contributed by atoms with E-state index in [1.165, 1.54) is 37.8 Å². The van der Waals surface area contributed by atoms with Crippen LogP contribution in [0.1, 0.15) is 44.1 Å². The van der Waals surface area contributed by atoms with Gasteiger partial charge in [0.25, 0.3) is 0 Å². The van der Waals surface area contributed by atoms with Crippen LogP contribution >= 0.6 is 11.9 Å². The molecule has 2 aliphatic rings. The van der Waals surface area contributed by atoms with E-state index in [2.05, 4.69) is 62.5 Å². The minimum atomic E-state index is 0.123. The van der Waals surface area contributed by atoms with Gasteiger partial charge in [-0.3, -0.25) is 4.72 Å². The van der Waals surface area contributed by atoms with Crippen molar-refractivity contribution in [3.63, 3.8) is 0 Å². The molecule has 32 heavy (non-hydrogen) atoms. The highest BCUT2D eigenvalue weighted by atomic mass is 32.2. The summed E-state index contributed by atoms with van der Waals surface area (Å²) in [5.74, 6) is 6.84. The van der Waals surface area contributed by atoms with Crippen molar-refractivity contribution in [2.75, 3.05) is 30.4 Å². The van der Waals surface area contributed by atoms with Gasteiger partial charge in [0.15, 0.2) is 5.84 Å². The molecule has 1 atom stereocenters. The molecule has 6 N–H and O–H groups in total. The molecule has 1 saturated heterocycles. The summed E-state index contributed by atoms with van der Waals surface area (Å²) in [4.78, 5) is 3.44. The van der Waals surface area contributed by atoms with E-state index < -0.39 is 0 Å². The fraction of sp³-hybridized carbons (Fsp3) is 0.458. The van der Waals surface area contributed by atoms with Crippen LogP contribution in [0.5, 0.6) is 0 Å². The molecular formula is C24H35N7S.